The molecule has 3 atom stereocenters. The van der Waals surface area contributed by atoms with E-state index in [1.54, 1.807) is 6.07 Å². The summed E-state index contributed by atoms with van der Waals surface area (Å²) in [4.78, 5) is 2.34. The average Bonchev–Trinajstić information content (AvgIpc) is 2.33. The van der Waals surface area contributed by atoms with Crippen LogP contribution in [-0.2, 0) is 0 Å². The molecule has 2 rings (SSSR count). The lowest BCUT2D eigenvalue weighted by atomic mass is 9.85. The van der Waals surface area contributed by atoms with E-state index in [-0.39, 0.29) is 0 Å². The molecule has 96 valence electrons. The van der Waals surface area contributed by atoms with Crippen LogP contribution in [0.4, 0.5) is 5.69 Å². The van der Waals surface area contributed by atoms with Gasteiger partial charge >= 0.3 is 0 Å². The average molecular weight is 263 g/mol. The zero-order valence-corrected chi connectivity index (χ0v) is 11.9. The molecule has 0 aromatic heterocycles. The SMILES string of the molecule is CC1CC(C)C(C)N(c2cc(Cl)ccc2C#N)C1. The third-order valence-corrected chi connectivity index (χ3v) is 4.22. The maximum absolute atomic E-state index is 9.24. The smallest absolute Gasteiger partial charge is 0.101 e. The summed E-state index contributed by atoms with van der Waals surface area (Å²) in [6.07, 6.45) is 1.25. The van der Waals surface area contributed by atoms with Crippen LogP contribution < -0.4 is 4.90 Å². The summed E-state index contributed by atoms with van der Waals surface area (Å²) in [6, 6.07) is 8.24. The number of nitrogens with zero attached hydrogens (tertiary/aromatic N) is 2. The van der Waals surface area contributed by atoms with Crippen molar-refractivity contribution in [3.8, 4) is 6.07 Å². The van der Waals surface area contributed by atoms with Crippen LogP contribution in [0.2, 0.25) is 5.02 Å². The van der Waals surface area contributed by atoms with Gasteiger partial charge in [-0.1, -0.05) is 25.4 Å². The van der Waals surface area contributed by atoms with Gasteiger partial charge < -0.3 is 4.90 Å². The number of piperidine rings is 1. The van der Waals surface area contributed by atoms with Gasteiger partial charge in [0, 0.05) is 17.6 Å². The summed E-state index contributed by atoms with van der Waals surface area (Å²) in [5.74, 6) is 1.29. The Hall–Kier alpha value is -1.20. The molecular formula is C15H19ClN2. The van der Waals surface area contributed by atoms with Crippen molar-refractivity contribution in [3.05, 3.63) is 28.8 Å². The van der Waals surface area contributed by atoms with Crippen LogP contribution in [0.1, 0.15) is 32.8 Å². The van der Waals surface area contributed by atoms with Gasteiger partial charge in [0.1, 0.15) is 6.07 Å². The normalized spacial score (nSPS) is 27.9. The molecule has 0 aliphatic carbocycles. The Labute approximate surface area is 114 Å². The number of benzene rings is 1. The molecule has 1 aliphatic rings. The third kappa shape index (κ3) is 2.47. The van der Waals surface area contributed by atoms with Crippen molar-refractivity contribution in [2.75, 3.05) is 11.4 Å². The highest BCUT2D eigenvalue weighted by atomic mass is 35.5. The standard InChI is InChI=1S/C15H19ClN2/c1-10-6-11(2)12(3)18(9-10)15-7-14(16)5-4-13(15)8-17/h4-5,7,10-12H,6,9H2,1-3H3. The summed E-state index contributed by atoms with van der Waals surface area (Å²) in [6.45, 7) is 7.79. The Kier molecular flexibility index (Phi) is 3.82. The van der Waals surface area contributed by atoms with Gasteiger partial charge in [-0.05, 0) is 43.4 Å². The van der Waals surface area contributed by atoms with Gasteiger partial charge in [0.2, 0.25) is 0 Å². The Balaban J connectivity index is 2.41. The van der Waals surface area contributed by atoms with Crippen molar-refractivity contribution in [2.45, 2.75) is 33.2 Å². The Bertz CT molecular complexity index is 478. The first kappa shape index (κ1) is 13.2. The number of rotatable bonds is 1. The van der Waals surface area contributed by atoms with E-state index in [1.165, 1.54) is 6.42 Å². The maximum Gasteiger partial charge on any atom is 0.101 e. The summed E-state index contributed by atoms with van der Waals surface area (Å²) in [7, 11) is 0. The lowest BCUT2D eigenvalue weighted by molar-refractivity contribution is 0.297. The molecule has 1 fully saturated rings. The molecule has 0 amide bonds. The van der Waals surface area contributed by atoms with Crippen molar-refractivity contribution in [2.24, 2.45) is 11.8 Å². The quantitative estimate of drug-likeness (QED) is 0.762. The molecule has 1 heterocycles. The maximum atomic E-state index is 9.24. The van der Waals surface area contributed by atoms with Crippen molar-refractivity contribution >= 4 is 17.3 Å². The van der Waals surface area contributed by atoms with E-state index >= 15 is 0 Å². The van der Waals surface area contributed by atoms with Crippen LogP contribution in [-0.4, -0.2) is 12.6 Å². The number of hydrogen-bond acceptors (Lipinski definition) is 2. The molecule has 18 heavy (non-hydrogen) atoms. The first-order valence-corrected chi connectivity index (χ1v) is 6.87. The molecule has 1 aromatic carbocycles. The van der Waals surface area contributed by atoms with Gasteiger partial charge in [-0.15, -0.1) is 0 Å². The molecule has 1 saturated heterocycles. The second-order valence-corrected chi connectivity index (χ2v) is 5.92. The Morgan fingerprint density at radius 2 is 2.06 bits per heavy atom. The topological polar surface area (TPSA) is 27.0 Å². The van der Waals surface area contributed by atoms with Crippen LogP contribution in [0.5, 0.6) is 0 Å². The van der Waals surface area contributed by atoms with Gasteiger partial charge in [0.25, 0.3) is 0 Å². The third-order valence-electron chi connectivity index (χ3n) is 3.99. The summed E-state index contributed by atoms with van der Waals surface area (Å²) in [5.41, 5.74) is 1.70. The molecule has 0 spiro atoms. The van der Waals surface area contributed by atoms with Crippen molar-refractivity contribution in [1.82, 2.24) is 0 Å². The van der Waals surface area contributed by atoms with Crippen LogP contribution in [0, 0.1) is 23.2 Å². The molecular weight excluding hydrogens is 244 g/mol. The fraction of sp³-hybridized carbons (Fsp3) is 0.533. The van der Waals surface area contributed by atoms with Crippen LogP contribution in [0.3, 0.4) is 0 Å². The van der Waals surface area contributed by atoms with E-state index in [4.69, 9.17) is 11.6 Å². The lowest BCUT2D eigenvalue weighted by Crippen LogP contribution is -2.46. The summed E-state index contributed by atoms with van der Waals surface area (Å²) >= 11 is 6.08. The monoisotopic (exact) mass is 262 g/mol. The number of nitriles is 1. The van der Waals surface area contributed by atoms with Gasteiger partial charge in [0.05, 0.1) is 11.3 Å². The minimum Gasteiger partial charge on any atom is -0.367 e. The van der Waals surface area contributed by atoms with Gasteiger partial charge in [0.15, 0.2) is 0 Å². The van der Waals surface area contributed by atoms with Gasteiger partial charge in [-0.2, -0.15) is 5.26 Å². The number of hydrogen-bond donors (Lipinski definition) is 0. The number of anilines is 1. The highest BCUT2D eigenvalue weighted by Crippen LogP contribution is 2.34. The van der Waals surface area contributed by atoms with Crippen LogP contribution in [0.15, 0.2) is 18.2 Å². The second kappa shape index (κ2) is 5.20. The Morgan fingerprint density at radius 1 is 1.33 bits per heavy atom. The van der Waals surface area contributed by atoms with Gasteiger partial charge in [-0.25, -0.2) is 0 Å². The van der Waals surface area contributed by atoms with E-state index in [9.17, 15) is 5.26 Å². The van der Waals surface area contributed by atoms with E-state index in [0.717, 1.165) is 12.2 Å². The van der Waals surface area contributed by atoms with E-state index < -0.39 is 0 Å². The fourth-order valence-electron chi connectivity index (χ4n) is 2.87. The summed E-state index contributed by atoms with van der Waals surface area (Å²) < 4.78 is 0. The molecule has 0 N–H and O–H groups in total. The van der Waals surface area contributed by atoms with Gasteiger partial charge in [-0.3, -0.25) is 0 Å². The molecule has 1 aromatic rings. The van der Waals surface area contributed by atoms with Crippen molar-refractivity contribution in [3.63, 3.8) is 0 Å². The fourth-order valence-corrected chi connectivity index (χ4v) is 3.04. The minimum absolute atomic E-state index is 0.451. The molecule has 2 nitrogen and oxygen atoms in total. The zero-order chi connectivity index (χ0) is 13.3. The lowest BCUT2D eigenvalue weighted by Gasteiger charge is -2.43. The molecule has 3 heteroatoms. The molecule has 0 saturated carbocycles. The first-order valence-electron chi connectivity index (χ1n) is 6.49. The highest BCUT2D eigenvalue weighted by Gasteiger charge is 2.30. The number of halogens is 1. The van der Waals surface area contributed by atoms with Crippen molar-refractivity contribution < 1.29 is 0 Å². The first-order chi connectivity index (χ1) is 8.52. The molecule has 0 radical (unpaired) electrons. The predicted molar refractivity (Wildman–Crippen MR) is 75.9 cm³/mol. The largest absolute Gasteiger partial charge is 0.367 e. The molecule has 3 unspecified atom stereocenters. The zero-order valence-electron chi connectivity index (χ0n) is 11.2. The predicted octanol–water partition coefficient (Wildman–Crippen LogP) is 4.08. The van der Waals surface area contributed by atoms with Crippen LogP contribution in [0.25, 0.3) is 0 Å². The minimum atomic E-state index is 0.451. The van der Waals surface area contributed by atoms with E-state index in [1.807, 2.05) is 12.1 Å². The molecule has 0 bridgehead atoms. The van der Waals surface area contributed by atoms with Crippen LogP contribution >= 0.6 is 11.6 Å². The highest BCUT2D eigenvalue weighted by molar-refractivity contribution is 6.30. The second-order valence-electron chi connectivity index (χ2n) is 5.48. The summed E-state index contributed by atoms with van der Waals surface area (Å²) in [5, 5.41) is 9.93. The van der Waals surface area contributed by atoms with Crippen molar-refractivity contribution in [1.29, 1.82) is 5.26 Å². The van der Waals surface area contributed by atoms with E-state index in [2.05, 4.69) is 31.7 Å². The molecule has 1 aliphatic heterocycles. The Morgan fingerprint density at radius 3 is 2.72 bits per heavy atom. The van der Waals surface area contributed by atoms with E-state index in [0.29, 0.717) is 28.5 Å².